The van der Waals surface area contributed by atoms with Gasteiger partial charge in [0.05, 0.1) is 5.52 Å². The molecule has 4 heterocycles. The average Bonchev–Trinajstić information content (AvgIpc) is 3.23. The van der Waals surface area contributed by atoms with Gasteiger partial charge < -0.3 is 10.4 Å². The standard InChI is InChI=1S/C16H18N6O3/c23-14(24)10-20-12-2-3-13(21-9-1-6-18-21)19-15(12)22(16(20)25)11-4-7-17-8-5-11/h1-3,6,9,11,17H,4-5,7-8,10H2,(H,23,24). The fourth-order valence-corrected chi connectivity index (χ4v) is 3.36. The summed E-state index contributed by atoms with van der Waals surface area (Å²) in [6, 6.07) is 5.27. The van der Waals surface area contributed by atoms with Gasteiger partial charge in [-0.3, -0.25) is 13.9 Å². The van der Waals surface area contributed by atoms with Crippen LogP contribution in [0.5, 0.6) is 0 Å². The molecule has 0 radical (unpaired) electrons. The Kier molecular flexibility index (Phi) is 3.85. The third-order valence-electron chi connectivity index (χ3n) is 4.50. The number of rotatable bonds is 4. The number of piperidine rings is 1. The van der Waals surface area contributed by atoms with E-state index >= 15 is 0 Å². The molecule has 25 heavy (non-hydrogen) atoms. The number of pyridine rings is 1. The predicted octanol–water partition coefficient (Wildman–Crippen LogP) is 0.393. The van der Waals surface area contributed by atoms with Crippen LogP contribution >= 0.6 is 0 Å². The van der Waals surface area contributed by atoms with Gasteiger partial charge in [0.25, 0.3) is 0 Å². The Morgan fingerprint density at radius 3 is 2.80 bits per heavy atom. The maximum Gasteiger partial charge on any atom is 0.331 e. The number of aromatic nitrogens is 5. The van der Waals surface area contributed by atoms with Crippen molar-refractivity contribution in [3.05, 3.63) is 41.1 Å². The van der Waals surface area contributed by atoms with Crippen LogP contribution in [0.1, 0.15) is 18.9 Å². The van der Waals surface area contributed by atoms with Crippen molar-refractivity contribution in [3.63, 3.8) is 0 Å². The van der Waals surface area contributed by atoms with Crippen LogP contribution < -0.4 is 11.0 Å². The quantitative estimate of drug-likeness (QED) is 0.710. The van der Waals surface area contributed by atoms with E-state index in [0.29, 0.717) is 17.0 Å². The normalized spacial score (nSPS) is 15.7. The summed E-state index contributed by atoms with van der Waals surface area (Å²) in [6.45, 7) is 1.26. The van der Waals surface area contributed by atoms with Crippen LogP contribution in [0.3, 0.4) is 0 Å². The summed E-state index contributed by atoms with van der Waals surface area (Å²) in [6.07, 6.45) is 5.04. The first-order chi connectivity index (χ1) is 12.1. The smallest absolute Gasteiger partial charge is 0.331 e. The zero-order chi connectivity index (χ0) is 17.4. The minimum absolute atomic E-state index is 0.00617. The fraction of sp³-hybridized carbons (Fsp3) is 0.375. The highest BCUT2D eigenvalue weighted by molar-refractivity contribution is 5.76. The molecular weight excluding hydrogens is 324 g/mol. The van der Waals surface area contributed by atoms with Crippen LogP contribution in [-0.4, -0.2) is 48.1 Å². The van der Waals surface area contributed by atoms with Crippen LogP contribution in [-0.2, 0) is 11.3 Å². The predicted molar refractivity (Wildman–Crippen MR) is 89.9 cm³/mol. The number of hydrogen-bond acceptors (Lipinski definition) is 5. The fourth-order valence-electron chi connectivity index (χ4n) is 3.36. The number of imidazole rings is 1. The molecule has 1 fully saturated rings. The van der Waals surface area contributed by atoms with E-state index < -0.39 is 5.97 Å². The second-order valence-electron chi connectivity index (χ2n) is 6.08. The SMILES string of the molecule is O=C(O)Cn1c(=O)n(C2CCNCC2)c2nc(-n3cccn3)ccc21. The molecule has 1 saturated heterocycles. The van der Waals surface area contributed by atoms with E-state index in [0.717, 1.165) is 25.9 Å². The zero-order valence-corrected chi connectivity index (χ0v) is 13.5. The van der Waals surface area contributed by atoms with Crippen molar-refractivity contribution in [1.82, 2.24) is 29.2 Å². The van der Waals surface area contributed by atoms with Crippen molar-refractivity contribution in [2.24, 2.45) is 0 Å². The highest BCUT2D eigenvalue weighted by atomic mass is 16.4. The van der Waals surface area contributed by atoms with Crippen LogP contribution in [0.25, 0.3) is 17.0 Å². The van der Waals surface area contributed by atoms with Gasteiger partial charge in [-0.1, -0.05) is 0 Å². The number of nitrogens with one attached hydrogen (secondary N) is 1. The van der Waals surface area contributed by atoms with E-state index in [4.69, 9.17) is 5.11 Å². The molecule has 130 valence electrons. The highest BCUT2D eigenvalue weighted by Crippen LogP contribution is 2.23. The molecule has 3 aromatic rings. The van der Waals surface area contributed by atoms with Gasteiger partial charge in [-0.15, -0.1) is 0 Å². The number of carbonyl (C=O) groups is 1. The number of carboxylic acids is 1. The van der Waals surface area contributed by atoms with E-state index in [1.165, 1.54) is 4.57 Å². The second kappa shape index (κ2) is 6.17. The molecule has 9 nitrogen and oxygen atoms in total. The van der Waals surface area contributed by atoms with E-state index in [2.05, 4.69) is 15.4 Å². The molecular formula is C16H18N6O3. The number of fused-ring (bicyclic) bond motifs is 1. The van der Waals surface area contributed by atoms with E-state index in [-0.39, 0.29) is 18.3 Å². The molecule has 0 aliphatic carbocycles. The van der Waals surface area contributed by atoms with Crippen LogP contribution in [0, 0.1) is 0 Å². The molecule has 0 bridgehead atoms. The first-order valence-electron chi connectivity index (χ1n) is 8.19. The lowest BCUT2D eigenvalue weighted by molar-refractivity contribution is -0.137. The number of aliphatic carboxylic acids is 1. The lowest BCUT2D eigenvalue weighted by atomic mass is 10.1. The van der Waals surface area contributed by atoms with Gasteiger partial charge in [0.2, 0.25) is 0 Å². The Hall–Kier alpha value is -2.94. The van der Waals surface area contributed by atoms with Crippen molar-refractivity contribution < 1.29 is 9.90 Å². The van der Waals surface area contributed by atoms with Gasteiger partial charge in [-0.25, -0.2) is 14.5 Å². The van der Waals surface area contributed by atoms with Gasteiger partial charge in [0.15, 0.2) is 11.5 Å². The topological polar surface area (TPSA) is 107 Å². The summed E-state index contributed by atoms with van der Waals surface area (Å²) >= 11 is 0. The Morgan fingerprint density at radius 2 is 2.12 bits per heavy atom. The summed E-state index contributed by atoms with van der Waals surface area (Å²) in [5.41, 5.74) is 0.711. The molecule has 4 rings (SSSR count). The molecule has 3 aromatic heterocycles. The highest BCUT2D eigenvalue weighted by Gasteiger charge is 2.24. The Bertz CT molecular complexity index is 966. The largest absolute Gasteiger partial charge is 0.480 e. The first kappa shape index (κ1) is 15.6. The average molecular weight is 342 g/mol. The molecule has 1 aliphatic heterocycles. The zero-order valence-electron chi connectivity index (χ0n) is 13.5. The monoisotopic (exact) mass is 342 g/mol. The van der Waals surface area contributed by atoms with Crippen molar-refractivity contribution >= 4 is 17.1 Å². The maximum atomic E-state index is 12.9. The van der Waals surface area contributed by atoms with Crippen molar-refractivity contribution in [3.8, 4) is 5.82 Å². The summed E-state index contributed by atoms with van der Waals surface area (Å²) in [7, 11) is 0. The van der Waals surface area contributed by atoms with Gasteiger partial charge in [0.1, 0.15) is 6.54 Å². The molecule has 1 aliphatic rings. The van der Waals surface area contributed by atoms with Crippen LogP contribution in [0.15, 0.2) is 35.4 Å². The molecule has 2 N–H and O–H groups in total. The molecule has 0 saturated carbocycles. The van der Waals surface area contributed by atoms with Crippen LogP contribution in [0.4, 0.5) is 0 Å². The number of hydrogen-bond donors (Lipinski definition) is 2. The Morgan fingerprint density at radius 1 is 1.32 bits per heavy atom. The molecule has 0 spiro atoms. The minimum atomic E-state index is -1.05. The second-order valence-corrected chi connectivity index (χ2v) is 6.08. The third kappa shape index (κ3) is 2.72. The molecule has 0 atom stereocenters. The summed E-state index contributed by atoms with van der Waals surface area (Å²) in [4.78, 5) is 28.7. The van der Waals surface area contributed by atoms with E-state index in [1.54, 1.807) is 39.8 Å². The van der Waals surface area contributed by atoms with Crippen molar-refractivity contribution in [2.75, 3.05) is 13.1 Å². The van der Waals surface area contributed by atoms with E-state index in [9.17, 15) is 9.59 Å². The first-order valence-corrected chi connectivity index (χ1v) is 8.19. The van der Waals surface area contributed by atoms with Gasteiger partial charge >= 0.3 is 11.7 Å². The third-order valence-corrected chi connectivity index (χ3v) is 4.50. The van der Waals surface area contributed by atoms with Crippen molar-refractivity contribution in [1.29, 1.82) is 0 Å². The van der Waals surface area contributed by atoms with Gasteiger partial charge in [-0.2, -0.15) is 5.10 Å². The molecule has 0 amide bonds. The lowest BCUT2D eigenvalue weighted by Gasteiger charge is -2.23. The maximum absolute atomic E-state index is 12.9. The summed E-state index contributed by atoms with van der Waals surface area (Å²) in [5, 5.41) is 16.6. The molecule has 0 unspecified atom stereocenters. The summed E-state index contributed by atoms with van der Waals surface area (Å²) < 4.78 is 4.54. The lowest BCUT2D eigenvalue weighted by Crippen LogP contribution is -2.35. The Balaban J connectivity index is 1.93. The molecule has 0 aromatic carbocycles. The van der Waals surface area contributed by atoms with Gasteiger partial charge in [-0.05, 0) is 44.1 Å². The number of nitrogens with zero attached hydrogens (tertiary/aromatic N) is 5. The van der Waals surface area contributed by atoms with Crippen molar-refractivity contribution in [2.45, 2.75) is 25.4 Å². The van der Waals surface area contributed by atoms with Gasteiger partial charge in [0, 0.05) is 18.4 Å². The number of carboxylic acid groups (broad SMARTS) is 1. The molecule has 9 heteroatoms. The summed E-state index contributed by atoms with van der Waals surface area (Å²) in [5.74, 6) is -0.463. The van der Waals surface area contributed by atoms with E-state index in [1.807, 2.05) is 0 Å². The minimum Gasteiger partial charge on any atom is -0.480 e. The van der Waals surface area contributed by atoms with Crippen LogP contribution in [0.2, 0.25) is 0 Å². The Labute approximate surface area is 142 Å².